The fourth-order valence-electron chi connectivity index (χ4n) is 10.1. The number of Topliss-reactive ketones (excluding diaryl/α,β-unsaturated/α-hetero) is 3. The molecule has 1 aliphatic carbocycles. The maximum atomic E-state index is 14.4. The van der Waals surface area contributed by atoms with Crippen LogP contribution in [0.25, 0.3) is 0 Å². The monoisotopic (exact) mass is 930 g/mol. The average molecular weight is 930 g/mol. The molecule has 0 aromatic rings. The van der Waals surface area contributed by atoms with Gasteiger partial charge in [-0.2, -0.15) is 0 Å². The highest BCUT2D eigenvalue weighted by Crippen LogP contribution is 2.38. The van der Waals surface area contributed by atoms with E-state index in [4.69, 9.17) is 23.7 Å². The molecule has 16 atom stereocenters. The van der Waals surface area contributed by atoms with Crippen LogP contribution in [0.1, 0.15) is 119 Å². The van der Waals surface area contributed by atoms with Crippen LogP contribution in [0.5, 0.6) is 0 Å². The zero-order chi connectivity index (χ0) is 49.0. The Morgan fingerprint density at radius 1 is 0.833 bits per heavy atom. The number of piperidine rings is 1. The van der Waals surface area contributed by atoms with Crippen LogP contribution in [0, 0.1) is 35.5 Å². The maximum Gasteiger partial charge on any atom is 0.329 e. The number of aliphatic hydroxyl groups excluding tert-OH is 3. The van der Waals surface area contributed by atoms with Crippen molar-refractivity contribution in [2.45, 2.75) is 180 Å². The Bertz CT molecular complexity index is 1790. The molecule has 4 rings (SSSR count). The number of cyclic esters (lactones) is 1. The van der Waals surface area contributed by atoms with Crippen molar-refractivity contribution in [2.75, 3.05) is 27.9 Å². The lowest BCUT2D eigenvalue weighted by atomic mass is 9.78. The Morgan fingerprint density at radius 3 is 2.21 bits per heavy atom. The molecule has 0 aromatic carbocycles. The third-order valence-corrected chi connectivity index (χ3v) is 14.5. The summed E-state index contributed by atoms with van der Waals surface area (Å²) in [4.78, 5) is 71.6. The molecule has 3 heterocycles. The molecule has 372 valence electrons. The fraction of sp³-hybridized carbons (Fsp3) is 0.745. The predicted octanol–water partition coefficient (Wildman–Crippen LogP) is 5.15. The largest absolute Gasteiger partial charge is 0.460 e. The third-order valence-electron chi connectivity index (χ3n) is 14.5. The lowest BCUT2D eigenvalue weighted by Gasteiger charge is -2.43. The van der Waals surface area contributed by atoms with Crippen LogP contribution in [0.4, 0.5) is 0 Å². The summed E-state index contributed by atoms with van der Waals surface area (Å²) in [5, 5.41) is 44.6. The molecule has 4 N–H and O–H groups in total. The number of ketones is 3. The van der Waals surface area contributed by atoms with E-state index >= 15 is 0 Å². The van der Waals surface area contributed by atoms with E-state index in [-0.39, 0.29) is 61.7 Å². The first kappa shape index (κ1) is 55.2. The molecule has 1 saturated carbocycles. The molecule has 2 saturated heterocycles. The number of nitrogens with zero attached hydrogens (tertiary/aromatic N) is 1. The molecule has 1 unspecified atom stereocenters. The molecule has 3 fully saturated rings. The van der Waals surface area contributed by atoms with E-state index in [1.54, 1.807) is 48.0 Å². The van der Waals surface area contributed by atoms with Gasteiger partial charge in [-0.1, -0.05) is 71.1 Å². The lowest BCUT2D eigenvalue weighted by molar-refractivity contribution is -0.265. The zero-order valence-corrected chi connectivity index (χ0v) is 40.9. The summed E-state index contributed by atoms with van der Waals surface area (Å²) in [6.45, 7) is 12.1. The Balaban J connectivity index is 1.72. The number of hydrogen-bond acceptors (Lipinski definition) is 14. The van der Waals surface area contributed by atoms with Gasteiger partial charge in [-0.3, -0.25) is 19.2 Å². The fourth-order valence-corrected chi connectivity index (χ4v) is 10.1. The highest BCUT2D eigenvalue weighted by molar-refractivity contribution is 6.39. The lowest BCUT2D eigenvalue weighted by Crippen LogP contribution is -2.62. The SMILES string of the molecule is CO[C@H]1C[C@@H]2CC[C@@H](C)[C@@](O)(O2)C(=O)C(=O)N2CC(O)CC[C@H]2C(=O)O[C@H]([C@H](C)C[C@@H]2CC[C@@H](O)[C@H](OC)C2)CC(=O)[C@H](C)/C=C(\C)[C@@H](O)[C@@H](OC)C(=O)[C@H](C)C[C@H](C)/C=C/C=C/C=C/1C. The van der Waals surface area contributed by atoms with Gasteiger partial charge in [0.25, 0.3) is 11.7 Å². The molecular weight excluding hydrogens is 851 g/mol. The van der Waals surface area contributed by atoms with E-state index in [2.05, 4.69) is 0 Å². The van der Waals surface area contributed by atoms with E-state index in [1.165, 1.54) is 7.11 Å². The van der Waals surface area contributed by atoms with Gasteiger partial charge in [-0.05, 0) is 101 Å². The minimum Gasteiger partial charge on any atom is -0.460 e. The van der Waals surface area contributed by atoms with Crippen molar-refractivity contribution < 1.29 is 68.1 Å². The second kappa shape index (κ2) is 25.3. The number of carbonyl (C=O) groups excluding carboxylic acids is 5. The second-order valence-corrected chi connectivity index (χ2v) is 19.8. The number of allylic oxidation sites excluding steroid dienone is 6. The molecular formula is C51H79NO14. The second-order valence-electron chi connectivity index (χ2n) is 19.8. The number of hydrogen-bond donors (Lipinski definition) is 4. The molecule has 66 heavy (non-hydrogen) atoms. The van der Waals surface area contributed by atoms with E-state index in [0.717, 1.165) is 10.5 Å². The number of carbonyl (C=O) groups is 5. The smallest absolute Gasteiger partial charge is 0.329 e. The molecule has 4 aliphatic rings. The molecule has 3 aliphatic heterocycles. The third kappa shape index (κ3) is 14.3. The molecule has 2 bridgehead atoms. The Morgan fingerprint density at radius 2 is 1.55 bits per heavy atom. The normalized spacial score (nSPS) is 41.1. The molecule has 0 aromatic heterocycles. The van der Waals surface area contributed by atoms with Gasteiger partial charge in [-0.15, -0.1) is 0 Å². The predicted molar refractivity (Wildman–Crippen MR) is 247 cm³/mol. The summed E-state index contributed by atoms with van der Waals surface area (Å²) < 4.78 is 29.2. The van der Waals surface area contributed by atoms with Crippen LogP contribution in [-0.2, 0) is 47.7 Å². The van der Waals surface area contributed by atoms with Crippen LogP contribution in [0.15, 0.2) is 47.6 Å². The number of esters is 1. The first-order valence-corrected chi connectivity index (χ1v) is 24.0. The van der Waals surface area contributed by atoms with Gasteiger partial charge < -0.3 is 49.0 Å². The average Bonchev–Trinajstić information content (AvgIpc) is 3.28. The van der Waals surface area contributed by atoms with Gasteiger partial charge in [0.05, 0.1) is 30.5 Å². The summed E-state index contributed by atoms with van der Waals surface area (Å²) >= 11 is 0. The van der Waals surface area contributed by atoms with Gasteiger partial charge in [0.2, 0.25) is 5.79 Å². The van der Waals surface area contributed by atoms with Crippen molar-refractivity contribution in [1.82, 2.24) is 4.90 Å². The van der Waals surface area contributed by atoms with Crippen molar-refractivity contribution in [1.29, 1.82) is 0 Å². The van der Waals surface area contributed by atoms with Crippen molar-refractivity contribution >= 4 is 29.2 Å². The first-order chi connectivity index (χ1) is 31.1. The van der Waals surface area contributed by atoms with E-state index < -0.39 is 95.9 Å². The molecule has 15 nitrogen and oxygen atoms in total. The zero-order valence-electron chi connectivity index (χ0n) is 40.9. The number of methoxy groups -OCH3 is 3. The molecule has 0 radical (unpaired) electrons. The number of amides is 1. The van der Waals surface area contributed by atoms with E-state index in [9.17, 15) is 44.4 Å². The minimum absolute atomic E-state index is 0.00548. The van der Waals surface area contributed by atoms with Gasteiger partial charge in [-0.25, -0.2) is 4.79 Å². The van der Waals surface area contributed by atoms with Crippen LogP contribution in [-0.4, -0.2) is 143 Å². The number of aliphatic hydroxyl groups is 4. The van der Waals surface area contributed by atoms with Crippen LogP contribution < -0.4 is 0 Å². The molecule has 0 spiro atoms. The highest BCUT2D eigenvalue weighted by Gasteiger charge is 2.53. The van der Waals surface area contributed by atoms with Crippen molar-refractivity contribution in [3.05, 3.63) is 47.6 Å². The van der Waals surface area contributed by atoms with Crippen molar-refractivity contribution in [3.8, 4) is 0 Å². The van der Waals surface area contributed by atoms with Crippen molar-refractivity contribution in [2.24, 2.45) is 35.5 Å². The minimum atomic E-state index is -2.52. The highest BCUT2D eigenvalue weighted by atomic mass is 16.6. The maximum absolute atomic E-state index is 14.4. The van der Waals surface area contributed by atoms with Gasteiger partial charge in [0.1, 0.15) is 30.1 Å². The number of rotatable bonds is 6. The summed E-state index contributed by atoms with van der Waals surface area (Å²) in [5.41, 5.74) is 1.21. The van der Waals surface area contributed by atoms with Gasteiger partial charge in [0, 0.05) is 58.5 Å². The van der Waals surface area contributed by atoms with Gasteiger partial charge >= 0.3 is 5.97 Å². The van der Waals surface area contributed by atoms with E-state index in [1.807, 2.05) is 51.2 Å². The Labute approximate surface area is 392 Å². The number of fused-ring (bicyclic) bond motifs is 3. The summed E-state index contributed by atoms with van der Waals surface area (Å²) in [6, 6.07) is -1.32. The van der Waals surface area contributed by atoms with Gasteiger partial charge in [0.15, 0.2) is 5.78 Å². The topological polar surface area (TPSA) is 216 Å². The summed E-state index contributed by atoms with van der Waals surface area (Å²) in [6.07, 6.45) is 8.17. The van der Waals surface area contributed by atoms with E-state index in [0.29, 0.717) is 50.5 Å². The molecule has 15 heteroatoms. The quantitative estimate of drug-likeness (QED) is 0.154. The van der Waals surface area contributed by atoms with Crippen LogP contribution in [0.2, 0.25) is 0 Å². The van der Waals surface area contributed by atoms with Crippen LogP contribution in [0.3, 0.4) is 0 Å². The van der Waals surface area contributed by atoms with Crippen molar-refractivity contribution in [3.63, 3.8) is 0 Å². The first-order valence-electron chi connectivity index (χ1n) is 24.0. The number of ether oxygens (including phenoxy) is 5. The summed E-state index contributed by atoms with van der Waals surface area (Å²) in [7, 11) is 4.47. The summed E-state index contributed by atoms with van der Waals surface area (Å²) in [5.74, 6) is -8.73. The molecule has 1 amide bonds. The Hall–Kier alpha value is -3.41. The Kier molecular flexibility index (Phi) is 21.1. The standard InChI is InChI=1S/C51H79NO14/c1-29-14-12-11-13-15-30(2)42(62-8)26-38-19-16-35(7)51(61,66-38)48(58)49(59)52-28-37(53)18-20-39(52)50(60)65-43(32(4)24-36-17-21-40(54)44(25-36)63-9)27-41(55)31(3)23-34(6)46(57)47(64-10)45(56)33(5)22-29/h11-15,23,29,31-33,35-40,42-44,46-47,53-54,57,61H,16-22,24-28H2,1-10H3/b13-11+,14-12+,30-15+,34-23+/t29-,31-,32-,33-,35-,36+,37?,38+,39+,40-,42+,43+,44-,46-,47+,51-/m1/s1. The van der Waals surface area contributed by atoms with Crippen LogP contribution >= 0.6 is 0 Å².